The highest BCUT2D eigenvalue weighted by Gasteiger charge is 2.53. The number of ether oxygens (including phenoxy) is 5. The monoisotopic (exact) mass is 966 g/mol. The van der Waals surface area contributed by atoms with Crippen LogP contribution in [0.3, 0.4) is 0 Å². The summed E-state index contributed by atoms with van der Waals surface area (Å²) in [5.74, 6) is -7.92. The van der Waals surface area contributed by atoms with Crippen LogP contribution in [0, 0.1) is 35.5 Å². The second-order valence-corrected chi connectivity index (χ2v) is 20.4. The number of carbonyl (C=O) groups excluding carboxylic acids is 5. The molecule has 384 valence electrons. The maximum Gasteiger partial charge on any atom is 0.329 e. The number of piperidine rings is 1. The van der Waals surface area contributed by atoms with Gasteiger partial charge in [-0.2, -0.15) is 0 Å². The van der Waals surface area contributed by atoms with E-state index in [1.54, 1.807) is 52.1 Å². The minimum Gasteiger partial charge on any atom is -0.460 e. The van der Waals surface area contributed by atoms with Gasteiger partial charge in [-0.05, 0) is 117 Å². The van der Waals surface area contributed by atoms with Gasteiger partial charge in [0, 0.05) is 58.5 Å². The summed E-state index contributed by atoms with van der Waals surface area (Å²) in [6.45, 7) is 12.8. The zero-order chi connectivity index (χ0) is 50.6. The Morgan fingerprint density at radius 2 is 1.64 bits per heavy atom. The summed E-state index contributed by atoms with van der Waals surface area (Å²) in [4.78, 5) is 72.3. The number of allylic oxidation sites excluding steroid dienone is 6. The van der Waals surface area contributed by atoms with Crippen LogP contribution in [0.25, 0.3) is 0 Å². The molecule has 1 aromatic rings. The van der Waals surface area contributed by atoms with Gasteiger partial charge < -0.3 is 38.8 Å². The Bertz CT molecular complexity index is 2020. The first kappa shape index (κ1) is 55.7. The number of amides is 1. The van der Waals surface area contributed by atoms with Gasteiger partial charge in [-0.1, -0.05) is 71.1 Å². The second-order valence-electron chi connectivity index (χ2n) is 20.4. The molecule has 3 fully saturated rings. The lowest BCUT2D eigenvalue weighted by Gasteiger charge is -2.42. The average Bonchev–Trinajstić information content (AvgIpc) is 3.88. The van der Waals surface area contributed by atoms with Crippen LogP contribution in [-0.4, -0.2) is 141 Å². The van der Waals surface area contributed by atoms with Gasteiger partial charge in [-0.15, -0.1) is 5.10 Å². The third kappa shape index (κ3) is 14.2. The van der Waals surface area contributed by atoms with Crippen molar-refractivity contribution in [2.24, 2.45) is 35.5 Å². The Labute approximate surface area is 408 Å². The Morgan fingerprint density at radius 1 is 0.884 bits per heavy atom. The Balaban J connectivity index is 1.46. The number of tetrazole rings is 1. The molecule has 4 aliphatic rings. The zero-order valence-electron chi connectivity index (χ0n) is 42.5. The molecule has 0 radical (unpaired) electrons. The minimum atomic E-state index is -2.43. The zero-order valence-corrected chi connectivity index (χ0v) is 42.5. The van der Waals surface area contributed by atoms with Gasteiger partial charge in [0.25, 0.3) is 11.7 Å². The van der Waals surface area contributed by atoms with E-state index in [2.05, 4.69) is 15.5 Å². The van der Waals surface area contributed by atoms with Crippen molar-refractivity contribution in [2.75, 3.05) is 27.9 Å². The molecular weight excluding hydrogens is 887 g/mol. The predicted molar refractivity (Wildman–Crippen MR) is 256 cm³/mol. The number of aliphatic hydroxyl groups is 2. The Hall–Kier alpha value is -4.26. The van der Waals surface area contributed by atoms with Crippen molar-refractivity contribution in [1.29, 1.82) is 0 Å². The number of rotatable bonds is 7. The van der Waals surface area contributed by atoms with Crippen molar-refractivity contribution < 1.29 is 57.9 Å². The van der Waals surface area contributed by atoms with Crippen molar-refractivity contribution in [3.05, 3.63) is 53.9 Å². The molecule has 15 atom stereocenters. The van der Waals surface area contributed by atoms with Gasteiger partial charge in [0.05, 0.1) is 24.4 Å². The van der Waals surface area contributed by atoms with E-state index >= 15 is 0 Å². The number of cyclic esters (lactones) is 1. The number of hydrogen-bond donors (Lipinski definition) is 2. The van der Waals surface area contributed by atoms with Crippen LogP contribution >= 0.6 is 0 Å². The van der Waals surface area contributed by atoms with Crippen LogP contribution in [-0.2, 0) is 47.7 Å². The molecule has 5 rings (SSSR count). The highest BCUT2D eigenvalue weighted by molar-refractivity contribution is 6.39. The summed E-state index contributed by atoms with van der Waals surface area (Å²) in [6, 6.07) is -1.19. The SMILES string of the molecule is CO[C@H]1C[C@@H]2CC[C@@H](C)[C@@](O)(O2)C(=O)C(=O)N2CCCC[C@H]2C(=O)OC([C@H](C)C[C@@H]2CC[C@H](n3cnnn3)[C@H](OC)C2)CC(=O)[C@H](C)/C=C(\C)[C@@H](O)[C@@H](OC)C(=O)[C@H](C)C[C@H](C)/C=C/C=C/C=C/1C. The van der Waals surface area contributed by atoms with Crippen LogP contribution in [0.15, 0.2) is 53.9 Å². The summed E-state index contributed by atoms with van der Waals surface area (Å²) >= 11 is 0. The van der Waals surface area contributed by atoms with Crippen molar-refractivity contribution in [3.63, 3.8) is 0 Å². The molecular formula is C52H79N5O12. The number of ketones is 3. The van der Waals surface area contributed by atoms with E-state index in [0.717, 1.165) is 18.4 Å². The molecule has 3 aliphatic heterocycles. The number of nitrogens with zero attached hydrogens (tertiary/aromatic N) is 5. The van der Waals surface area contributed by atoms with Gasteiger partial charge in [0.1, 0.15) is 36.5 Å². The molecule has 2 saturated heterocycles. The summed E-state index contributed by atoms with van der Waals surface area (Å²) in [5.41, 5.74) is 1.27. The van der Waals surface area contributed by atoms with E-state index in [0.29, 0.717) is 56.9 Å². The summed E-state index contributed by atoms with van der Waals surface area (Å²) in [6.07, 6.45) is 13.9. The van der Waals surface area contributed by atoms with Gasteiger partial charge in [0.15, 0.2) is 5.78 Å². The molecule has 1 aliphatic carbocycles. The van der Waals surface area contributed by atoms with Crippen molar-refractivity contribution in [2.45, 2.75) is 180 Å². The quantitative estimate of drug-likeness (QED) is 0.181. The van der Waals surface area contributed by atoms with E-state index in [1.165, 1.54) is 12.0 Å². The van der Waals surface area contributed by atoms with Crippen LogP contribution in [0.2, 0.25) is 0 Å². The third-order valence-corrected chi connectivity index (χ3v) is 15.2. The molecule has 2 N–H and O–H groups in total. The molecule has 1 amide bonds. The lowest BCUT2D eigenvalue weighted by molar-refractivity contribution is -0.265. The molecule has 1 aromatic heterocycles. The fourth-order valence-corrected chi connectivity index (χ4v) is 10.7. The topological polar surface area (TPSA) is 219 Å². The Morgan fingerprint density at radius 3 is 2.32 bits per heavy atom. The largest absolute Gasteiger partial charge is 0.460 e. The minimum absolute atomic E-state index is 0.0170. The lowest BCUT2D eigenvalue weighted by atomic mass is 9.77. The highest BCUT2D eigenvalue weighted by Crippen LogP contribution is 2.39. The molecule has 4 heterocycles. The average molecular weight is 966 g/mol. The van der Waals surface area contributed by atoms with Crippen LogP contribution < -0.4 is 0 Å². The van der Waals surface area contributed by atoms with E-state index in [9.17, 15) is 34.2 Å². The number of fused-ring (bicyclic) bond motifs is 3. The van der Waals surface area contributed by atoms with E-state index in [1.807, 2.05) is 58.1 Å². The standard InChI is InChI=1S/C52H79N5O12/c1-31-16-12-11-13-17-32(2)43(65-8)28-39-21-19-37(7)52(64,69-39)49(61)50(62)56-23-15-14-18-41(56)51(63)68-44(34(4)26-38-20-22-40(45(27-38)66-9)57-30-53-54-55-57)29-42(58)33(3)25-36(6)47(60)48(67-10)46(59)35(5)24-31/h11-13,16-17,25,30-31,33-35,37-41,43-45,47-48,60,64H,14-15,18-24,26-29H2,1-10H3/b13-11+,16-12+,32-17+,36-25+/t31-,33-,34-,35-,37-,38+,39+,40+,41+,43+,44?,45-,47-,48+,52-/m1/s1. The predicted octanol–water partition coefficient (Wildman–Crippen LogP) is 6.05. The molecule has 17 nitrogen and oxygen atoms in total. The fraction of sp³-hybridized carbons (Fsp3) is 0.731. The number of hydrogen-bond acceptors (Lipinski definition) is 15. The molecule has 69 heavy (non-hydrogen) atoms. The van der Waals surface area contributed by atoms with Gasteiger partial charge in [-0.25, -0.2) is 9.48 Å². The third-order valence-electron chi connectivity index (χ3n) is 15.2. The lowest BCUT2D eigenvalue weighted by Crippen LogP contribution is -2.61. The first-order valence-corrected chi connectivity index (χ1v) is 25.0. The first-order valence-electron chi connectivity index (χ1n) is 25.0. The van der Waals surface area contributed by atoms with Crippen LogP contribution in [0.1, 0.15) is 132 Å². The smallest absolute Gasteiger partial charge is 0.329 e. The van der Waals surface area contributed by atoms with Crippen molar-refractivity contribution in [3.8, 4) is 0 Å². The van der Waals surface area contributed by atoms with E-state index < -0.39 is 77.8 Å². The Kier molecular flexibility index (Phi) is 20.8. The molecule has 0 aromatic carbocycles. The number of aromatic nitrogens is 4. The van der Waals surface area contributed by atoms with Crippen LogP contribution in [0.5, 0.6) is 0 Å². The molecule has 0 spiro atoms. The van der Waals surface area contributed by atoms with Crippen molar-refractivity contribution >= 4 is 29.2 Å². The normalized spacial score (nSPS) is 38.8. The van der Waals surface area contributed by atoms with E-state index in [4.69, 9.17) is 23.7 Å². The first-order chi connectivity index (χ1) is 32.8. The van der Waals surface area contributed by atoms with Crippen molar-refractivity contribution in [1.82, 2.24) is 25.1 Å². The van der Waals surface area contributed by atoms with E-state index in [-0.39, 0.29) is 60.9 Å². The number of esters is 1. The number of aliphatic hydroxyl groups excluding tert-OH is 1. The molecule has 2 bridgehead atoms. The summed E-state index contributed by atoms with van der Waals surface area (Å²) < 4.78 is 31.6. The van der Waals surface area contributed by atoms with Gasteiger partial charge in [0.2, 0.25) is 5.79 Å². The van der Waals surface area contributed by atoms with Gasteiger partial charge >= 0.3 is 5.97 Å². The number of methoxy groups -OCH3 is 3. The molecule has 17 heteroatoms. The number of carbonyl (C=O) groups is 5. The fourth-order valence-electron chi connectivity index (χ4n) is 10.7. The molecule has 1 unspecified atom stereocenters. The van der Waals surface area contributed by atoms with Crippen LogP contribution in [0.4, 0.5) is 0 Å². The maximum absolute atomic E-state index is 14.5. The highest BCUT2D eigenvalue weighted by atomic mass is 16.6. The van der Waals surface area contributed by atoms with Gasteiger partial charge in [-0.3, -0.25) is 19.2 Å². The summed E-state index contributed by atoms with van der Waals surface area (Å²) in [7, 11) is 4.62. The summed E-state index contributed by atoms with van der Waals surface area (Å²) in [5, 5.41) is 35.2. The maximum atomic E-state index is 14.5. The molecule has 1 saturated carbocycles. The number of Topliss-reactive ketones (excluding diaryl/α,β-unsaturated/α-hetero) is 3. The second kappa shape index (κ2) is 25.7.